The van der Waals surface area contributed by atoms with Crippen molar-refractivity contribution in [3.63, 3.8) is 0 Å². The largest absolute Gasteiger partial charge is 0.324 e. The number of nitrogens with one attached hydrogen (secondary N) is 1. The lowest BCUT2D eigenvalue weighted by atomic mass is 9.99. The van der Waals surface area contributed by atoms with E-state index in [0.29, 0.717) is 17.9 Å². The molecule has 4 nitrogen and oxygen atoms in total. The number of carbonyl (C=O) groups excluding carboxylic acids is 1. The first-order chi connectivity index (χ1) is 10.1. The van der Waals surface area contributed by atoms with Crippen LogP contribution in [0.5, 0.6) is 0 Å². The molecule has 2 saturated heterocycles. The Morgan fingerprint density at radius 2 is 2.10 bits per heavy atom. The third-order valence-corrected chi connectivity index (χ3v) is 5.39. The van der Waals surface area contributed by atoms with E-state index >= 15 is 0 Å². The van der Waals surface area contributed by atoms with Gasteiger partial charge in [0.25, 0.3) is 0 Å². The Bertz CT molecular complexity index is 347. The van der Waals surface area contributed by atoms with E-state index in [4.69, 9.17) is 0 Å². The van der Waals surface area contributed by atoms with Gasteiger partial charge in [-0.05, 0) is 38.3 Å². The number of amides is 1. The first-order valence-electron chi connectivity index (χ1n) is 8.92. The molecule has 21 heavy (non-hydrogen) atoms. The van der Waals surface area contributed by atoms with Crippen molar-refractivity contribution in [2.45, 2.75) is 78.0 Å². The molecule has 2 aliphatic heterocycles. The van der Waals surface area contributed by atoms with Crippen molar-refractivity contribution in [2.75, 3.05) is 19.6 Å². The molecule has 2 aliphatic rings. The molecule has 122 valence electrons. The van der Waals surface area contributed by atoms with E-state index in [1.54, 1.807) is 0 Å². The maximum atomic E-state index is 12.8. The average molecular weight is 295 g/mol. The second-order valence-electron chi connectivity index (χ2n) is 6.75. The molecule has 0 aromatic rings. The molecule has 0 bridgehead atoms. The number of nitrogens with zero attached hydrogens (tertiary/aromatic N) is 2. The zero-order valence-electron chi connectivity index (χ0n) is 14.3. The van der Waals surface area contributed by atoms with Gasteiger partial charge in [0.15, 0.2) is 0 Å². The summed E-state index contributed by atoms with van der Waals surface area (Å²) in [5.74, 6) is 0.762. The number of rotatable bonds is 7. The minimum absolute atomic E-state index is 0.0306. The molecule has 2 fully saturated rings. The molecular formula is C17H33N3O. The molecule has 0 aliphatic carbocycles. The monoisotopic (exact) mass is 295 g/mol. The van der Waals surface area contributed by atoms with Crippen molar-refractivity contribution in [2.24, 2.45) is 5.92 Å². The quantitative estimate of drug-likeness (QED) is 0.783. The Morgan fingerprint density at radius 3 is 2.71 bits per heavy atom. The minimum atomic E-state index is 0.0306. The van der Waals surface area contributed by atoms with Crippen molar-refractivity contribution in [1.82, 2.24) is 15.1 Å². The molecule has 1 N–H and O–H groups in total. The highest BCUT2D eigenvalue weighted by Crippen LogP contribution is 2.25. The van der Waals surface area contributed by atoms with Gasteiger partial charge >= 0.3 is 0 Å². The van der Waals surface area contributed by atoms with Gasteiger partial charge in [0.05, 0.1) is 12.2 Å². The Balaban J connectivity index is 2.05. The minimum Gasteiger partial charge on any atom is -0.324 e. The van der Waals surface area contributed by atoms with Gasteiger partial charge < -0.3 is 4.90 Å². The van der Waals surface area contributed by atoms with E-state index in [9.17, 15) is 4.79 Å². The third kappa shape index (κ3) is 3.59. The van der Waals surface area contributed by atoms with Crippen LogP contribution in [-0.4, -0.2) is 53.6 Å². The summed E-state index contributed by atoms with van der Waals surface area (Å²) in [5, 5.41) is 3.61. The highest BCUT2D eigenvalue weighted by atomic mass is 16.2. The maximum absolute atomic E-state index is 12.8. The van der Waals surface area contributed by atoms with Gasteiger partial charge in [-0.3, -0.25) is 15.0 Å². The van der Waals surface area contributed by atoms with E-state index in [1.165, 1.54) is 19.4 Å². The van der Waals surface area contributed by atoms with E-state index in [2.05, 4.69) is 42.8 Å². The SMILES string of the molecule is CCCC1NC(C(C)CC)C(=O)N1CC1CCCN1CC. The summed E-state index contributed by atoms with van der Waals surface area (Å²) in [6, 6.07) is 0.596. The molecule has 4 unspecified atom stereocenters. The molecule has 0 aromatic carbocycles. The number of hydrogen-bond donors (Lipinski definition) is 1. The van der Waals surface area contributed by atoms with Crippen LogP contribution in [0.4, 0.5) is 0 Å². The van der Waals surface area contributed by atoms with Crippen LogP contribution >= 0.6 is 0 Å². The van der Waals surface area contributed by atoms with E-state index in [1.807, 2.05) is 0 Å². The van der Waals surface area contributed by atoms with Gasteiger partial charge in [0.1, 0.15) is 0 Å². The molecule has 0 radical (unpaired) electrons. The predicted molar refractivity (Wildman–Crippen MR) is 87.1 cm³/mol. The van der Waals surface area contributed by atoms with E-state index in [0.717, 1.165) is 32.4 Å². The molecule has 4 atom stereocenters. The van der Waals surface area contributed by atoms with Crippen LogP contribution in [0.3, 0.4) is 0 Å². The summed E-state index contributed by atoms with van der Waals surface area (Å²) >= 11 is 0. The van der Waals surface area contributed by atoms with Gasteiger partial charge in [0, 0.05) is 12.6 Å². The molecular weight excluding hydrogens is 262 g/mol. The fourth-order valence-corrected chi connectivity index (χ4v) is 3.82. The molecule has 2 rings (SSSR count). The van der Waals surface area contributed by atoms with Crippen LogP contribution in [-0.2, 0) is 4.79 Å². The molecule has 0 aromatic heterocycles. The van der Waals surface area contributed by atoms with E-state index < -0.39 is 0 Å². The Kier molecular flexibility index (Phi) is 6.06. The lowest BCUT2D eigenvalue weighted by Crippen LogP contribution is -2.45. The molecule has 4 heteroatoms. The third-order valence-electron chi connectivity index (χ3n) is 5.39. The van der Waals surface area contributed by atoms with Gasteiger partial charge in [-0.15, -0.1) is 0 Å². The average Bonchev–Trinajstić information content (AvgIpc) is 3.06. The molecule has 1 amide bonds. The first-order valence-corrected chi connectivity index (χ1v) is 8.92. The van der Waals surface area contributed by atoms with Crippen LogP contribution in [0.15, 0.2) is 0 Å². The van der Waals surface area contributed by atoms with Crippen molar-refractivity contribution < 1.29 is 4.79 Å². The summed E-state index contributed by atoms with van der Waals surface area (Å²) in [5.41, 5.74) is 0. The fraction of sp³-hybridized carbons (Fsp3) is 0.941. The van der Waals surface area contributed by atoms with Crippen LogP contribution < -0.4 is 5.32 Å². The Hall–Kier alpha value is -0.610. The van der Waals surface area contributed by atoms with Gasteiger partial charge in [-0.1, -0.05) is 40.5 Å². The Morgan fingerprint density at radius 1 is 1.33 bits per heavy atom. The normalized spacial score (nSPS) is 32.1. The smallest absolute Gasteiger partial charge is 0.241 e. The summed E-state index contributed by atoms with van der Waals surface area (Å²) in [6.45, 7) is 12.0. The van der Waals surface area contributed by atoms with Crippen molar-refractivity contribution in [1.29, 1.82) is 0 Å². The van der Waals surface area contributed by atoms with Crippen molar-refractivity contribution >= 4 is 5.91 Å². The zero-order chi connectivity index (χ0) is 15.4. The van der Waals surface area contributed by atoms with E-state index in [-0.39, 0.29) is 12.2 Å². The number of hydrogen-bond acceptors (Lipinski definition) is 3. The van der Waals surface area contributed by atoms with Crippen LogP contribution in [0, 0.1) is 5.92 Å². The van der Waals surface area contributed by atoms with Crippen LogP contribution in [0.25, 0.3) is 0 Å². The second-order valence-corrected chi connectivity index (χ2v) is 6.75. The molecule has 0 spiro atoms. The molecule has 0 saturated carbocycles. The standard InChI is InChI=1S/C17H33N3O/c1-5-9-15-18-16(13(4)6-2)17(21)20(15)12-14-10-8-11-19(14)7-3/h13-16,18H,5-12H2,1-4H3. The fourth-order valence-electron chi connectivity index (χ4n) is 3.82. The number of likely N-dealkylation sites (N-methyl/N-ethyl adjacent to an activating group) is 1. The highest BCUT2D eigenvalue weighted by Gasteiger charge is 2.42. The summed E-state index contributed by atoms with van der Waals surface area (Å²) in [6.07, 6.45) is 6.02. The van der Waals surface area contributed by atoms with Gasteiger partial charge in [-0.2, -0.15) is 0 Å². The number of carbonyl (C=O) groups is 1. The van der Waals surface area contributed by atoms with Crippen molar-refractivity contribution in [3.8, 4) is 0 Å². The lowest BCUT2D eigenvalue weighted by molar-refractivity contribution is -0.131. The Labute approximate surface area is 130 Å². The first kappa shape index (κ1) is 16.8. The van der Waals surface area contributed by atoms with Gasteiger partial charge in [0.2, 0.25) is 5.91 Å². The van der Waals surface area contributed by atoms with Crippen LogP contribution in [0.1, 0.15) is 59.8 Å². The summed E-state index contributed by atoms with van der Waals surface area (Å²) < 4.78 is 0. The highest BCUT2D eigenvalue weighted by molar-refractivity contribution is 5.84. The number of likely N-dealkylation sites (tertiary alicyclic amines) is 1. The van der Waals surface area contributed by atoms with Crippen molar-refractivity contribution in [3.05, 3.63) is 0 Å². The second kappa shape index (κ2) is 7.59. The summed E-state index contributed by atoms with van der Waals surface area (Å²) in [4.78, 5) is 17.5. The van der Waals surface area contributed by atoms with Crippen LogP contribution in [0.2, 0.25) is 0 Å². The molecule has 2 heterocycles. The predicted octanol–water partition coefficient (Wildman–Crippen LogP) is 2.44. The lowest BCUT2D eigenvalue weighted by Gasteiger charge is -2.31. The summed E-state index contributed by atoms with van der Waals surface area (Å²) in [7, 11) is 0. The topological polar surface area (TPSA) is 35.6 Å². The zero-order valence-corrected chi connectivity index (χ0v) is 14.3. The maximum Gasteiger partial charge on any atom is 0.241 e. The van der Waals surface area contributed by atoms with Gasteiger partial charge in [-0.25, -0.2) is 0 Å².